The number of amides is 1. The predicted molar refractivity (Wildman–Crippen MR) is 74.9 cm³/mol. The molecule has 1 aromatic heterocycles. The average molecular weight is 258 g/mol. The second-order valence-electron chi connectivity index (χ2n) is 4.21. The zero-order valence-corrected chi connectivity index (χ0v) is 10.4. The van der Waals surface area contributed by atoms with Gasteiger partial charge in [-0.25, -0.2) is 0 Å². The third kappa shape index (κ3) is 2.92. The van der Waals surface area contributed by atoms with E-state index in [1.165, 1.54) is 35.0 Å². The normalized spacial score (nSPS) is 10.2. The van der Waals surface area contributed by atoms with Crippen molar-refractivity contribution < 1.29 is 4.79 Å². The maximum Gasteiger partial charge on any atom is 0.255 e. The molecule has 0 radical (unpaired) electrons. The van der Waals surface area contributed by atoms with Crippen LogP contribution >= 0.6 is 0 Å². The number of anilines is 3. The lowest BCUT2D eigenvalue weighted by molar-refractivity contribution is 0.102. The summed E-state index contributed by atoms with van der Waals surface area (Å²) in [5.41, 5.74) is 12.8. The molecule has 0 saturated heterocycles. The van der Waals surface area contributed by atoms with Crippen molar-refractivity contribution in [1.29, 1.82) is 0 Å². The van der Waals surface area contributed by atoms with E-state index in [0.29, 0.717) is 22.6 Å². The van der Waals surface area contributed by atoms with E-state index in [4.69, 9.17) is 11.5 Å². The van der Waals surface area contributed by atoms with Gasteiger partial charge in [0.1, 0.15) is 0 Å². The van der Waals surface area contributed by atoms with Crippen LogP contribution in [0.25, 0.3) is 0 Å². The van der Waals surface area contributed by atoms with Crippen molar-refractivity contribution in [3.8, 4) is 0 Å². The van der Waals surface area contributed by atoms with Gasteiger partial charge in [-0.05, 0) is 24.3 Å². The third-order valence-electron chi connectivity index (χ3n) is 2.58. The molecule has 1 amide bonds. The molecule has 0 bridgehead atoms. The van der Waals surface area contributed by atoms with Crippen LogP contribution in [0.4, 0.5) is 17.1 Å². The summed E-state index contributed by atoms with van der Waals surface area (Å²) in [6.45, 7) is 0. The first-order valence-corrected chi connectivity index (χ1v) is 5.60. The molecule has 6 heteroatoms. The first-order chi connectivity index (χ1) is 8.95. The van der Waals surface area contributed by atoms with Crippen LogP contribution in [0.5, 0.6) is 0 Å². The highest BCUT2D eigenvalue weighted by molar-refractivity contribution is 6.05. The van der Waals surface area contributed by atoms with Crippen LogP contribution in [0.2, 0.25) is 0 Å². The first-order valence-electron chi connectivity index (χ1n) is 5.60. The molecule has 98 valence electrons. The number of nitrogens with one attached hydrogen (secondary N) is 1. The largest absolute Gasteiger partial charge is 0.399 e. The summed E-state index contributed by atoms with van der Waals surface area (Å²) < 4.78 is 1.38. The lowest BCUT2D eigenvalue weighted by Gasteiger charge is -2.08. The molecule has 1 aromatic carbocycles. The van der Waals surface area contributed by atoms with Crippen molar-refractivity contribution in [2.75, 3.05) is 16.8 Å². The summed E-state index contributed by atoms with van der Waals surface area (Å²) in [6, 6.07) is 7.56. The van der Waals surface area contributed by atoms with Gasteiger partial charge >= 0.3 is 0 Å². The average Bonchev–Trinajstić information content (AvgIpc) is 2.32. The van der Waals surface area contributed by atoms with Gasteiger partial charge in [-0.3, -0.25) is 9.59 Å². The summed E-state index contributed by atoms with van der Waals surface area (Å²) in [5.74, 6) is -0.336. The molecule has 0 spiro atoms. The van der Waals surface area contributed by atoms with Gasteiger partial charge in [-0.2, -0.15) is 0 Å². The minimum absolute atomic E-state index is 0.147. The molecule has 0 atom stereocenters. The van der Waals surface area contributed by atoms with Crippen LogP contribution in [0.3, 0.4) is 0 Å². The number of benzene rings is 1. The molecular weight excluding hydrogens is 244 g/mol. The maximum absolute atomic E-state index is 12.0. The van der Waals surface area contributed by atoms with E-state index in [-0.39, 0.29) is 11.5 Å². The number of carbonyl (C=O) groups is 1. The number of hydrogen-bond donors (Lipinski definition) is 3. The number of carbonyl (C=O) groups excluding carboxylic acids is 1. The van der Waals surface area contributed by atoms with E-state index in [2.05, 4.69) is 5.32 Å². The molecule has 0 aliphatic rings. The van der Waals surface area contributed by atoms with Gasteiger partial charge in [0.25, 0.3) is 5.91 Å². The molecular formula is C13H14N4O2. The lowest BCUT2D eigenvalue weighted by atomic mass is 10.1. The molecule has 2 aromatic rings. The van der Waals surface area contributed by atoms with E-state index in [9.17, 15) is 9.59 Å². The van der Waals surface area contributed by atoms with Crippen LogP contribution in [0.15, 0.2) is 41.3 Å². The monoisotopic (exact) mass is 258 g/mol. The van der Waals surface area contributed by atoms with Gasteiger partial charge < -0.3 is 21.4 Å². The highest BCUT2D eigenvalue weighted by Gasteiger charge is 2.08. The van der Waals surface area contributed by atoms with Crippen molar-refractivity contribution >= 4 is 23.0 Å². The predicted octanol–water partition coefficient (Wildman–Crippen LogP) is 0.802. The second-order valence-corrected chi connectivity index (χ2v) is 4.21. The van der Waals surface area contributed by atoms with E-state index >= 15 is 0 Å². The maximum atomic E-state index is 12.0. The van der Waals surface area contributed by atoms with Crippen molar-refractivity contribution in [3.05, 3.63) is 52.4 Å². The third-order valence-corrected chi connectivity index (χ3v) is 2.58. The standard InChI is InChI=1S/C13H14N4O2/c1-17-7-11(2-3-12(17)18)16-13(19)8-4-9(14)6-10(15)5-8/h2-7H,14-15H2,1H3,(H,16,19). The fourth-order valence-electron chi connectivity index (χ4n) is 1.68. The SMILES string of the molecule is Cn1cc(NC(=O)c2cc(N)cc(N)c2)ccc1=O. The highest BCUT2D eigenvalue weighted by atomic mass is 16.1. The van der Waals surface area contributed by atoms with Gasteiger partial charge in [-0.15, -0.1) is 0 Å². The zero-order chi connectivity index (χ0) is 14.0. The Labute approximate surface area is 109 Å². The lowest BCUT2D eigenvalue weighted by Crippen LogP contribution is -2.18. The molecule has 5 N–H and O–H groups in total. The minimum atomic E-state index is -0.336. The molecule has 0 aliphatic carbocycles. The topological polar surface area (TPSA) is 103 Å². The number of hydrogen-bond acceptors (Lipinski definition) is 4. The number of aryl methyl sites for hydroxylation is 1. The number of pyridine rings is 1. The van der Waals surface area contributed by atoms with Gasteiger partial charge in [0.2, 0.25) is 5.56 Å². The Balaban J connectivity index is 2.25. The minimum Gasteiger partial charge on any atom is -0.399 e. The van der Waals surface area contributed by atoms with Crippen molar-refractivity contribution in [3.63, 3.8) is 0 Å². The number of nitrogens with zero attached hydrogens (tertiary/aromatic N) is 1. The summed E-state index contributed by atoms with van der Waals surface area (Å²) in [6.07, 6.45) is 1.54. The van der Waals surface area contributed by atoms with Gasteiger partial charge in [0.15, 0.2) is 0 Å². The molecule has 0 saturated carbocycles. The number of nitrogens with two attached hydrogens (primary N) is 2. The Morgan fingerprint density at radius 2 is 1.79 bits per heavy atom. The summed E-state index contributed by atoms with van der Waals surface area (Å²) in [5, 5.41) is 2.67. The quantitative estimate of drug-likeness (QED) is 0.693. The number of rotatable bonds is 2. The Morgan fingerprint density at radius 1 is 1.16 bits per heavy atom. The fourth-order valence-corrected chi connectivity index (χ4v) is 1.68. The molecule has 0 aliphatic heterocycles. The first kappa shape index (κ1) is 12.7. The van der Waals surface area contributed by atoms with Crippen molar-refractivity contribution in [1.82, 2.24) is 4.57 Å². The Kier molecular flexibility index (Phi) is 3.24. The van der Waals surface area contributed by atoms with Crippen LogP contribution < -0.4 is 22.3 Å². The molecule has 6 nitrogen and oxygen atoms in total. The summed E-state index contributed by atoms with van der Waals surface area (Å²) in [7, 11) is 1.61. The smallest absolute Gasteiger partial charge is 0.255 e. The fraction of sp³-hybridized carbons (Fsp3) is 0.0769. The number of aromatic nitrogens is 1. The van der Waals surface area contributed by atoms with Crippen LogP contribution in [0.1, 0.15) is 10.4 Å². The Hall–Kier alpha value is -2.76. The van der Waals surface area contributed by atoms with Crippen LogP contribution in [0, 0.1) is 0 Å². The highest BCUT2D eigenvalue weighted by Crippen LogP contribution is 2.15. The van der Waals surface area contributed by atoms with Gasteiger partial charge in [0.05, 0.1) is 5.69 Å². The zero-order valence-electron chi connectivity index (χ0n) is 10.4. The molecule has 0 unspecified atom stereocenters. The molecule has 1 heterocycles. The number of nitrogen functional groups attached to an aromatic ring is 2. The second kappa shape index (κ2) is 4.85. The van der Waals surface area contributed by atoms with Gasteiger partial charge in [0, 0.05) is 36.2 Å². The Morgan fingerprint density at radius 3 is 2.37 bits per heavy atom. The van der Waals surface area contributed by atoms with Crippen molar-refractivity contribution in [2.24, 2.45) is 7.05 Å². The molecule has 0 fully saturated rings. The van der Waals surface area contributed by atoms with E-state index < -0.39 is 0 Å². The van der Waals surface area contributed by atoms with E-state index in [0.717, 1.165) is 0 Å². The Bertz CT molecular complexity index is 671. The van der Waals surface area contributed by atoms with E-state index in [1.807, 2.05) is 0 Å². The van der Waals surface area contributed by atoms with Crippen LogP contribution in [-0.4, -0.2) is 10.5 Å². The van der Waals surface area contributed by atoms with E-state index in [1.54, 1.807) is 13.1 Å². The summed E-state index contributed by atoms with van der Waals surface area (Å²) >= 11 is 0. The molecule has 19 heavy (non-hydrogen) atoms. The van der Waals surface area contributed by atoms with Crippen LogP contribution in [-0.2, 0) is 7.05 Å². The van der Waals surface area contributed by atoms with Gasteiger partial charge in [-0.1, -0.05) is 0 Å². The van der Waals surface area contributed by atoms with Crippen molar-refractivity contribution in [2.45, 2.75) is 0 Å². The summed E-state index contributed by atoms with van der Waals surface area (Å²) in [4.78, 5) is 23.2. The molecule has 2 rings (SSSR count).